The monoisotopic (exact) mass is 334 g/mol. The van der Waals surface area contributed by atoms with E-state index in [2.05, 4.69) is 32.7 Å². The van der Waals surface area contributed by atoms with Crippen molar-refractivity contribution in [2.24, 2.45) is 0 Å². The number of halogens is 3. The van der Waals surface area contributed by atoms with Crippen molar-refractivity contribution in [3.63, 3.8) is 0 Å². The van der Waals surface area contributed by atoms with Crippen molar-refractivity contribution >= 4 is 28.3 Å². The molecule has 0 radical (unpaired) electrons. The fourth-order valence-corrected chi connectivity index (χ4v) is 2.56. The molecule has 0 aliphatic carbocycles. The summed E-state index contributed by atoms with van der Waals surface area (Å²) in [6, 6.07) is 5.36. The second kappa shape index (κ2) is 7.24. The highest BCUT2D eigenvalue weighted by molar-refractivity contribution is 9.10. The summed E-state index contributed by atoms with van der Waals surface area (Å²) < 4.78 is 14.6. The molecule has 18 heavy (non-hydrogen) atoms. The maximum absolute atomic E-state index is 14.1. The first-order chi connectivity index (χ1) is 8.24. The molecule has 1 aliphatic heterocycles. The van der Waals surface area contributed by atoms with Gasteiger partial charge >= 0.3 is 0 Å². The zero-order chi connectivity index (χ0) is 12.3. The van der Waals surface area contributed by atoms with Crippen molar-refractivity contribution in [1.29, 1.82) is 0 Å². The Balaban J connectivity index is 0.00000162. The lowest BCUT2D eigenvalue weighted by Crippen LogP contribution is -2.44. The second-order valence-corrected chi connectivity index (χ2v) is 4.96. The van der Waals surface area contributed by atoms with Gasteiger partial charge in [-0.15, -0.1) is 19.0 Å². The molecule has 1 saturated heterocycles. The lowest BCUT2D eigenvalue weighted by atomic mass is 10.0. The summed E-state index contributed by atoms with van der Waals surface area (Å²) in [6.07, 6.45) is 1.82. The van der Waals surface area contributed by atoms with E-state index in [1.165, 1.54) is 0 Å². The van der Waals surface area contributed by atoms with Crippen LogP contribution in [0.2, 0.25) is 0 Å². The van der Waals surface area contributed by atoms with Crippen molar-refractivity contribution < 1.29 is 4.39 Å². The van der Waals surface area contributed by atoms with E-state index in [1.54, 1.807) is 6.07 Å². The molecule has 1 heterocycles. The van der Waals surface area contributed by atoms with Crippen LogP contribution in [-0.2, 0) is 0 Å². The Morgan fingerprint density at radius 3 is 2.67 bits per heavy atom. The van der Waals surface area contributed by atoms with Crippen LogP contribution in [-0.4, -0.2) is 31.1 Å². The predicted molar refractivity (Wildman–Crippen MR) is 78.7 cm³/mol. The minimum Gasteiger partial charge on any atom is -0.314 e. The molecular weight excluding hydrogens is 319 g/mol. The molecule has 5 heteroatoms. The summed E-state index contributed by atoms with van der Waals surface area (Å²) in [5.74, 6) is -0.184. The van der Waals surface area contributed by atoms with E-state index < -0.39 is 0 Å². The standard InChI is InChI=1S/C13H16BrFN2.ClH/c1-2-12(17-8-6-16-7-9-17)10-4-3-5-11(14)13(10)15;/h2-5,12,16H,1,6-9H2;1H/t12-;/m1./s1. The van der Waals surface area contributed by atoms with Gasteiger partial charge in [-0.25, -0.2) is 4.39 Å². The molecule has 2 rings (SSSR count). The van der Waals surface area contributed by atoms with Gasteiger partial charge in [0.05, 0.1) is 10.5 Å². The van der Waals surface area contributed by atoms with Crippen LogP contribution >= 0.6 is 28.3 Å². The molecule has 100 valence electrons. The van der Waals surface area contributed by atoms with Crippen LogP contribution in [0.5, 0.6) is 0 Å². The summed E-state index contributed by atoms with van der Waals surface area (Å²) in [7, 11) is 0. The Bertz CT molecular complexity index is 408. The normalized spacial score (nSPS) is 17.9. The predicted octanol–water partition coefficient (Wildman–Crippen LogP) is 3.14. The van der Waals surface area contributed by atoms with Gasteiger partial charge < -0.3 is 5.32 Å². The summed E-state index contributed by atoms with van der Waals surface area (Å²) in [5, 5.41) is 3.29. The minimum absolute atomic E-state index is 0. The molecule has 1 fully saturated rings. The van der Waals surface area contributed by atoms with Gasteiger partial charge in [-0.05, 0) is 22.0 Å². The van der Waals surface area contributed by atoms with Crippen LogP contribution in [0.3, 0.4) is 0 Å². The second-order valence-electron chi connectivity index (χ2n) is 4.11. The van der Waals surface area contributed by atoms with Gasteiger partial charge in [-0.3, -0.25) is 4.90 Å². The maximum atomic E-state index is 14.1. The van der Waals surface area contributed by atoms with E-state index in [0.717, 1.165) is 26.2 Å². The summed E-state index contributed by atoms with van der Waals surface area (Å²) in [5.41, 5.74) is 0.691. The SMILES string of the molecule is C=C[C@H](c1cccc(Br)c1F)N1CCNCC1.Cl. The molecular formula is C13H17BrClFN2. The molecule has 1 N–H and O–H groups in total. The van der Waals surface area contributed by atoms with Crippen LogP contribution in [0.1, 0.15) is 11.6 Å². The van der Waals surface area contributed by atoms with Gasteiger partial charge in [0.2, 0.25) is 0 Å². The Kier molecular flexibility index (Phi) is 6.29. The first-order valence-electron chi connectivity index (χ1n) is 5.75. The molecule has 2 nitrogen and oxygen atoms in total. The van der Waals surface area contributed by atoms with Gasteiger partial charge in [0.15, 0.2) is 0 Å². The third-order valence-electron chi connectivity index (χ3n) is 3.07. The van der Waals surface area contributed by atoms with E-state index in [1.807, 2.05) is 18.2 Å². The van der Waals surface area contributed by atoms with Gasteiger partial charge in [0, 0.05) is 31.7 Å². The number of benzene rings is 1. The van der Waals surface area contributed by atoms with E-state index in [-0.39, 0.29) is 24.3 Å². The van der Waals surface area contributed by atoms with Crippen molar-refractivity contribution in [3.05, 3.63) is 46.7 Å². The molecule has 0 unspecified atom stereocenters. The summed E-state index contributed by atoms with van der Waals surface area (Å²) >= 11 is 3.23. The molecule has 0 spiro atoms. The fourth-order valence-electron chi connectivity index (χ4n) is 2.18. The van der Waals surface area contributed by atoms with E-state index >= 15 is 0 Å². The summed E-state index contributed by atoms with van der Waals surface area (Å²) in [6.45, 7) is 7.57. The Morgan fingerprint density at radius 2 is 2.06 bits per heavy atom. The van der Waals surface area contributed by atoms with Crippen LogP contribution in [0.15, 0.2) is 35.3 Å². The van der Waals surface area contributed by atoms with Crippen molar-refractivity contribution in [2.75, 3.05) is 26.2 Å². The van der Waals surface area contributed by atoms with Crippen LogP contribution in [0, 0.1) is 5.82 Å². The highest BCUT2D eigenvalue weighted by atomic mass is 79.9. The average Bonchev–Trinajstić information content (AvgIpc) is 2.37. The maximum Gasteiger partial charge on any atom is 0.142 e. The Morgan fingerprint density at radius 1 is 1.39 bits per heavy atom. The quantitative estimate of drug-likeness (QED) is 0.854. The lowest BCUT2D eigenvalue weighted by molar-refractivity contribution is 0.200. The molecule has 1 atom stereocenters. The van der Waals surface area contributed by atoms with E-state index in [0.29, 0.717) is 10.0 Å². The highest BCUT2D eigenvalue weighted by Gasteiger charge is 2.22. The van der Waals surface area contributed by atoms with Gasteiger partial charge in [0.1, 0.15) is 5.82 Å². The van der Waals surface area contributed by atoms with Gasteiger partial charge in [0.25, 0.3) is 0 Å². The average molecular weight is 336 g/mol. The summed E-state index contributed by atoms with van der Waals surface area (Å²) in [4.78, 5) is 2.24. The molecule has 0 aromatic heterocycles. The zero-order valence-electron chi connectivity index (χ0n) is 10.0. The molecule has 1 aromatic rings. The lowest BCUT2D eigenvalue weighted by Gasteiger charge is -2.33. The van der Waals surface area contributed by atoms with Crippen LogP contribution in [0.4, 0.5) is 4.39 Å². The third-order valence-corrected chi connectivity index (χ3v) is 3.68. The largest absolute Gasteiger partial charge is 0.314 e. The minimum atomic E-state index is -0.184. The molecule has 0 amide bonds. The molecule has 0 saturated carbocycles. The van der Waals surface area contributed by atoms with Crippen molar-refractivity contribution in [1.82, 2.24) is 10.2 Å². The Labute approximate surface area is 122 Å². The number of piperazine rings is 1. The Hall–Kier alpha value is -0.420. The first kappa shape index (κ1) is 15.6. The third kappa shape index (κ3) is 3.32. The number of nitrogens with zero attached hydrogens (tertiary/aromatic N) is 1. The van der Waals surface area contributed by atoms with Gasteiger partial charge in [-0.2, -0.15) is 0 Å². The molecule has 1 aliphatic rings. The van der Waals surface area contributed by atoms with Crippen LogP contribution < -0.4 is 5.32 Å². The zero-order valence-corrected chi connectivity index (χ0v) is 12.4. The number of hydrogen-bond acceptors (Lipinski definition) is 2. The fraction of sp³-hybridized carbons (Fsp3) is 0.385. The molecule has 1 aromatic carbocycles. The van der Waals surface area contributed by atoms with Crippen LogP contribution in [0.25, 0.3) is 0 Å². The number of nitrogens with one attached hydrogen (secondary N) is 1. The van der Waals surface area contributed by atoms with E-state index in [4.69, 9.17) is 0 Å². The number of rotatable bonds is 3. The highest BCUT2D eigenvalue weighted by Crippen LogP contribution is 2.28. The number of hydrogen-bond donors (Lipinski definition) is 1. The van der Waals surface area contributed by atoms with E-state index in [9.17, 15) is 4.39 Å². The topological polar surface area (TPSA) is 15.3 Å². The smallest absolute Gasteiger partial charge is 0.142 e. The van der Waals surface area contributed by atoms with Crippen molar-refractivity contribution in [2.45, 2.75) is 6.04 Å². The van der Waals surface area contributed by atoms with Gasteiger partial charge in [-0.1, -0.05) is 18.2 Å². The van der Waals surface area contributed by atoms with Crippen molar-refractivity contribution in [3.8, 4) is 0 Å². The first-order valence-corrected chi connectivity index (χ1v) is 6.54. The molecule has 0 bridgehead atoms.